The molecule has 1 aliphatic heterocycles. The van der Waals surface area contributed by atoms with Crippen LogP contribution in [0.15, 0.2) is 110 Å². The Hall–Kier alpha value is -4.47. The smallest absolute Gasteiger partial charge is 0.338 e. The van der Waals surface area contributed by atoms with Crippen LogP contribution in [0.1, 0.15) is 36.6 Å². The topological polar surface area (TPSA) is 79.1 Å². The zero-order valence-corrected chi connectivity index (χ0v) is 26.8. The van der Waals surface area contributed by atoms with Crippen LogP contribution >= 0.6 is 27.3 Å². The Labute approximate surface area is 266 Å². The lowest BCUT2D eigenvalue weighted by Crippen LogP contribution is -2.40. The lowest BCUT2D eigenvalue weighted by molar-refractivity contribution is -0.139. The van der Waals surface area contributed by atoms with Crippen molar-refractivity contribution in [2.75, 3.05) is 13.7 Å². The molecule has 4 aromatic carbocycles. The summed E-state index contributed by atoms with van der Waals surface area (Å²) in [5.74, 6) is 0.748. The van der Waals surface area contributed by atoms with Gasteiger partial charge in [0.2, 0.25) is 0 Å². The first kappa shape index (κ1) is 29.6. The molecular formula is C35H29BrN2O5S. The summed E-state index contributed by atoms with van der Waals surface area (Å²) in [6.07, 6.45) is 1.83. The molecule has 7 nitrogen and oxygen atoms in total. The molecule has 222 valence electrons. The fraction of sp³-hybridized carbons (Fsp3) is 0.171. The van der Waals surface area contributed by atoms with E-state index < -0.39 is 12.0 Å². The molecule has 0 saturated heterocycles. The number of methoxy groups -OCH3 is 1. The molecule has 0 amide bonds. The van der Waals surface area contributed by atoms with E-state index in [0.717, 1.165) is 26.4 Å². The number of hydrogen-bond donors (Lipinski definition) is 0. The van der Waals surface area contributed by atoms with Crippen LogP contribution in [-0.2, 0) is 16.1 Å². The molecule has 1 aliphatic rings. The van der Waals surface area contributed by atoms with E-state index in [9.17, 15) is 9.59 Å². The Bertz CT molecular complexity index is 2100. The van der Waals surface area contributed by atoms with Gasteiger partial charge >= 0.3 is 5.97 Å². The molecule has 0 radical (unpaired) electrons. The maximum atomic E-state index is 14.2. The average Bonchev–Trinajstić information content (AvgIpc) is 3.33. The second-order valence-corrected chi connectivity index (χ2v) is 12.0. The molecule has 0 bridgehead atoms. The van der Waals surface area contributed by atoms with E-state index in [4.69, 9.17) is 19.2 Å². The Balaban J connectivity index is 1.48. The number of allylic oxidation sites excluding steroid dienone is 1. The number of benzene rings is 4. The summed E-state index contributed by atoms with van der Waals surface area (Å²) in [6, 6.07) is 26.5. The van der Waals surface area contributed by atoms with Gasteiger partial charge in [-0.05, 0) is 76.0 Å². The first-order valence-electron chi connectivity index (χ1n) is 14.1. The van der Waals surface area contributed by atoms with Crippen molar-refractivity contribution < 1.29 is 19.0 Å². The molecule has 0 saturated carbocycles. The second kappa shape index (κ2) is 12.6. The van der Waals surface area contributed by atoms with Crippen molar-refractivity contribution in [2.24, 2.45) is 4.99 Å². The summed E-state index contributed by atoms with van der Waals surface area (Å²) in [5, 5.41) is 1.83. The van der Waals surface area contributed by atoms with Crippen LogP contribution in [0.2, 0.25) is 0 Å². The molecule has 0 N–H and O–H groups in total. The maximum Gasteiger partial charge on any atom is 0.338 e. The van der Waals surface area contributed by atoms with Crippen LogP contribution in [-0.4, -0.2) is 24.3 Å². The van der Waals surface area contributed by atoms with Gasteiger partial charge in [-0.1, -0.05) is 78.1 Å². The second-order valence-electron chi connectivity index (χ2n) is 10.2. The summed E-state index contributed by atoms with van der Waals surface area (Å²) < 4.78 is 20.1. The minimum Gasteiger partial charge on any atom is -0.496 e. The Kier molecular flexibility index (Phi) is 8.50. The SMILES string of the molecule is CCOC(=O)C1=C(C)N=c2s/c(=C\c3ccc(OCc4ccccc4)c(Br)c3)c(=O)n2[C@H]1c1c(OC)ccc2ccccc12. The highest BCUT2D eigenvalue weighted by Crippen LogP contribution is 2.40. The number of nitrogens with zero attached hydrogens (tertiary/aromatic N) is 2. The number of rotatable bonds is 8. The van der Waals surface area contributed by atoms with Crippen LogP contribution in [0.4, 0.5) is 0 Å². The Morgan fingerprint density at radius 3 is 2.52 bits per heavy atom. The minimum atomic E-state index is -0.797. The van der Waals surface area contributed by atoms with E-state index in [0.29, 0.717) is 44.3 Å². The third-order valence-electron chi connectivity index (χ3n) is 7.43. The van der Waals surface area contributed by atoms with Crippen molar-refractivity contribution >= 4 is 50.1 Å². The predicted molar refractivity (Wildman–Crippen MR) is 176 cm³/mol. The number of esters is 1. The number of halogens is 1. The van der Waals surface area contributed by atoms with Crippen molar-refractivity contribution in [3.8, 4) is 11.5 Å². The van der Waals surface area contributed by atoms with Gasteiger partial charge in [-0.25, -0.2) is 9.79 Å². The Morgan fingerprint density at radius 2 is 1.77 bits per heavy atom. The fourth-order valence-corrected chi connectivity index (χ4v) is 6.97. The molecule has 5 aromatic rings. The molecule has 0 aliphatic carbocycles. The third-order valence-corrected chi connectivity index (χ3v) is 9.03. The maximum absolute atomic E-state index is 14.2. The van der Waals surface area contributed by atoms with Gasteiger partial charge in [0.1, 0.15) is 24.1 Å². The molecule has 0 spiro atoms. The van der Waals surface area contributed by atoms with E-state index in [1.165, 1.54) is 11.3 Å². The zero-order valence-electron chi connectivity index (χ0n) is 24.4. The molecule has 1 atom stereocenters. The summed E-state index contributed by atoms with van der Waals surface area (Å²) in [5.41, 5.74) is 3.14. The van der Waals surface area contributed by atoms with Crippen molar-refractivity contribution in [3.63, 3.8) is 0 Å². The van der Waals surface area contributed by atoms with Gasteiger partial charge in [-0.2, -0.15) is 0 Å². The van der Waals surface area contributed by atoms with E-state index in [1.807, 2.05) is 91.0 Å². The molecule has 0 fully saturated rings. The minimum absolute atomic E-state index is 0.194. The van der Waals surface area contributed by atoms with E-state index >= 15 is 0 Å². The molecule has 44 heavy (non-hydrogen) atoms. The van der Waals surface area contributed by atoms with Crippen molar-refractivity contribution in [2.45, 2.75) is 26.5 Å². The lowest BCUT2D eigenvalue weighted by Gasteiger charge is -2.27. The van der Waals surface area contributed by atoms with Gasteiger partial charge in [0.05, 0.1) is 34.0 Å². The molecule has 2 heterocycles. The average molecular weight is 670 g/mol. The Morgan fingerprint density at radius 1 is 1.02 bits per heavy atom. The quantitative estimate of drug-likeness (QED) is 0.181. The van der Waals surface area contributed by atoms with Gasteiger partial charge in [0.25, 0.3) is 5.56 Å². The molecular weight excluding hydrogens is 640 g/mol. The van der Waals surface area contributed by atoms with Gasteiger partial charge in [0, 0.05) is 5.56 Å². The number of ether oxygens (including phenoxy) is 3. The molecule has 6 rings (SSSR count). The molecule has 9 heteroatoms. The van der Waals surface area contributed by atoms with Crippen LogP contribution in [0.5, 0.6) is 11.5 Å². The van der Waals surface area contributed by atoms with Crippen LogP contribution in [0.25, 0.3) is 16.8 Å². The number of hydrogen-bond acceptors (Lipinski definition) is 7. The number of carbonyl (C=O) groups excluding carboxylic acids is 1. The third kappa shape index (κ3) is 5.60. The first-order valence-corrected chi connectivity index (χ1v) is 15.7. The van der Waals surface area contributed by atoms with Crippen LogP contribution in [0.3, 0.4) is 0 Å². The van der Waals surface area contributed by atoms with Gasteiger partial charge in [-0.15, -0.1) is 0 Å². The van der Waals surface area contributed by atoms with Gasteiger partial charge in [0.15, 0.2) is 4.80 Å². The number of fused-ring (bicyclic) bond motifs is 2. The lowest BCUT2D eigenvalue weighted by atomic mass is 9.90. The van der Waals surface area contributed by atoms with Crippen molar-refractivity contribution in [1.82, 2.24) is 4.57 Å². The van der Waals surface area contributed by atoms with E-state index in [-0.39, 0.29) is 12.2 Å². The zero-order chi connectivity index (χ0) is 30.8. The number of thiazole rings is 1. The van der Waals surface area contributed by atoms with E-state index in [2.05, 4.69) is 15.9 Å². The predicted octanol–water partition coefficient (Wildman–Crippen LogP) is 6.30. The summed E-state index contributed by atoms with van der Waals surface area (Å²) in [6.45, 7) is 4.17. The van der Waals surface area contributed by atoms with E-state index in [1.54, 1.807) is 25.5 Å². The molecule has 1 aromatic heterocycles. The highest BCUT2D eigenvalue weighted by atomic mass is 79.9. The largest absolute Gasteiger partial charge is 0.496 e. The van der Waals surface area contributed by atoms with Crippen molar-refractivity contribution in [3.05, 3.63) is 137 Å². The number of aromatic nitrogens is 1. The van der Waals surface area contributed by atoms with Crippen LogP contribution in [0, 0.1) is 0 Å². The first-order chi connectivity index (χ1) is 21.4. The molecule has 0 unspecified atom stereocenters. The normalized spacial score (nSPS) is 14.7. The van der Waals surface area contributed by atoms with Crippen LogP contribution < -0.4 is 24.4 Å². The summed E-state index contributed by atoms with van der Waals surface area (Å²) >= 11 is 4.90. The standard InChI is InChI=1S/C35H29BrN2O5S/c1-4-42-34(40)30-21(2)37-35-38(32(30)31-25-13-9-8-12-24(25)15-17-28(31)41-3)33(39)29(44-35)19-23-14-16-27(26(36)18-23)43-20-22-10-6-5-7-11-22/h5-19,32H,4,20H2,1-3H3/b29-19-/t32-/m1/s1. The van der Waals surface area contributed by atoms with Gasteiger partial charge in [-0.3, -0.25) is 9.36 Å². The fourth-order valence-electron chi connectivity index (χ4n) is 5.41. The van der Waals surface area contributed by atoms with Gasteiger partial charge < -0.3 is 14.2 Å². The van der Waals surface area contributed by atoms with Crippen molar-refractivity contribution in [1.29, 1.82) is 0 Å². The summed E-state index contributed by atoms with van der Waals surface area (Å²) in [7, 11) is 1.59. The summed E-state index contributed by atoms with van der Waals surface area (Å²) in [4.78, 5) is 32.9. The highest BCUT2D eigenvalue weighted by molar-refractivity contribution is 9.10. The number of carbonyl (C=O) groups is 1. The highest BCUT2D eigenvalue weighted by Gasteiger charge is 2.36. The monoisotopic (exact) mass is 668 g/mol.